The van der Waals surface area contributed by atoms with Crippen LogP contribution < -0.4 is 4.74 Å². The molecule has 0 atom stereocenters. The van der Waals surface area contributed by atoms with Gasteiger partial charge in [-0.3, -0.25) is 4.79 Å². The van der Waals surface area contributed by atoms with Crippen molar-refractivity contribution < 1.29 is 18.3 Å². The zero-order valence-electron chi connectivity index (χ0n) is 7.97. The minimum atomic E-state index is -2.87. The first-order valence-corrected chi connectivity index (χ1v) is 5.29. The first kappa shape index (κ1) is 12.4. The van der Waals surface area contributed by atoms with Gasteiger partial charge in [-0.25, -0.2) is 0 Å². The zero-order chi connectivity index (χ0) is 11.4. The molecule has 0 bridgehead atoms. The van der Waals surface area contributed by atoms with E-state index in [9.17, 15) is 13.6 Å². The van der Waals surface area contributed by atoms with Crippen LogP contribution in [0.3, 0.4) is 0 Å². The maximum Gasteiger partial charge on any atom is 0.387 e. The molecule has 0 spiro atoms. The second-order valence-corrected chi connectivity index (χ2v) is 4.25. The normalized spacial score (nSPS) is 10.5. The molecule has 0 fully saturated rings. The third-order valence-corrected chi connectivity index (χ3v) is 2.35. The quantitative estimate of drug-likeness (QED) is 0.795. The van der Waals surface area contributed by atoms with Gasteiger partial charge in [0.25, 0.3) is 0 Å². The SMILES string of the molecule is CC(=O)Cc1cc(I)ccc1OC(F)F. The first-order valence-electron chi connectivity index (χ1n) is 4.21. The summed E-state index contributed by atoms with van der Waals surface area (Å²) < 4.78 is 29.3. The Balaban J connectivity index is 2.97. The summed E-state index contributed by atoms with van der Waals surface area (Å²) in [6.45, 7) is -1.46. The zero-order valence-corrected chi connectivity index (χ0v) is 10.1. The van der Waals surface area contributed by atoms with Gasteiger partial charge in [0, 0.05) is 15.6 Å². The van der Waals surface area contributed by atoms with Crippen LogP contribution in [0.5, 0.6) is 5.75 Å². The minimum absolute atomic E-state index is 0.0700. The van der Waals surface area contributed by atoms with E-state index in [-0.39, 0.29) is 18.0 Å². The Hall–Kier alpha value is -0.720. The molecular formula is C10H9F2IO2. The van der Waals surface area contributed by atoms with Crippen molar-refractivity contribution in [2.45, 2.75) is 20.0 Å². The molecular weight excluding hydrogens is 317 g/mol. The highest BCUT2D eigenvalue weighted by Crippen LogP contribution is 2.23. The van der Waals surface area contributed by atoms with Gasteiger partial charge >= 0.3 is 6.61 Å². The number of ketones is 1. The fourth-order valence-corrected chi connectivity index (χ4v) is 1.72. The lowest BCUT2D eigenvalue weighted by Crippen LogP contribution is -2.06. The predicted octanol–water partition coefficient (Wildman–Crippen LogP) is 3.02. The van der Waals surface area contributed by atoms with Crippen molar-refractivity contribution in [3.05, 3.63) is 27.3 Å². The Morgan fingerprint density at radius 3 is 2.73 bits per heavy atom. The van der Waals surface area contributed by atoms with Gasteiger partial charge < -0.3 is 4.74 Å². The average molecular weight is 326 g/mol. The maximum absolute atomic E-state index is 12.0. The number of benzene rings is 1. The highest BCUT2D eigenvalue weighted by atomic mass is 127. The van der Waals surface area contributed by atoms with Crippen molar-refractivity contribution >= 4 is 28.4 Å². The van der Waals surface area contributed by atoms with Crippen LogP contribution in [0.4, 0.5) is 8.78 Å². The molecule has 0 radical (unpaired) electrons. The molecule has 0 N–H and O–H groups in total. The molecule has 0 unspecified atom stereocenters. The number of ether oxygens (including phenoxy) is 1. The molecule has 0 aliphatic rings. The van der Waals surface area contributed by atoms with Crippen molar-refractivity contribution in [3.8, 4) is 5.75 Å². The summed E-state index contributed by atoms with van der Waals surface area (Å²) in [5.41, 5.74) is 0.495. The van der Waals surface area contributed by atoms with Gasteiger partial charge in [-0.15, -0.1) is 0 Å². The molecule has 0 heterocycles. The Morgan fingerprint density at radius 2 is 2.20 bits per heavy atom. The lowest BCUT2D eigenvalue weighted by atomic mass is 10.1. The number of carbonyl (C=O) groups is 1. The van der Waals surface area contributed by atoms with Crippen molar-refractivity contribution in [1.82, 2.24) is 0 Å². The van der Waals surface area contributed by atoms with Gasteiger partial charge in [-0.05, 0) is 47.7 Å². The monoisotopic (exact) mass is 326 g/mol. The molecule has 0 saturated heterocycles. The number of halogens is 3. The van der Waals surface area contributed by atoms with Gasteiger partial charge in [0.2, 0.25) is 0 Å². The molecule has 15 heavy (non-hydrogen) atoms. The van der Waals surface area contributed by atoms with Crippen molar-refractivity contribution in [2.75, 3.05) is 0 Å². The van der Waals surface area contributed by atoms with E-state index in [1.165, 1.54) is 13.0 Å². The molecule has 0 aliphatic heterocycles. The van der Waals surface area contributed by atoms with Crippen LogP contribution in [0.15, 0.2) is 18.2 Å². The van der Waals surface area contributed by atoms with E-state index in [2.05, 4.69) is 4.74 Å². The topological polar surface area (TPSA) is 26.3 Å². The van der Waals surface area contributed by atoms with Crippen LogP contribution in [0.2, 0.25) is 0 Å². The third-order valence-electron chi connectivity index (χ3n) is 1.68. The number of carbonyl (C=O) groups excluding carboxylic acids is 1. The van der Waals surface area contributed by atoms with Crippen LogP contribution in [0.25, 0.3) is 0 Å². The second-order valence-electron chi connectivity index (χ2n) is 3.01. The maximum atomic E-state index is 12.0. The fraction of sp³-hybridized carbons (Fsp3) is 0.300. The summed E-state index contributed by atoms with van der Waals surface area (Å²) in [5, 5.41) is 0. The first-order chi connectivity index (χ1) is 6.99. The molecule has 5 heteroatoms. The van der Waals surface area contributed by atoms with Gasteiger partial charge in [-0.2, -0.15) is 8.78 Å². The molecule has 0 amide bonds. The van der Waals surface area contributed by atoms with Crippen LogP contribution in [0.1, 0.15) is 12.5 Å². The van der Waals surface area contributed by atoms with Gasteiger partial charge in [0.15, 0.2) is 0 Å². The molecule has 1 rings (SSSR count). The number of rotatable bonds is 4. The molecule has 82 valence electrons. The molecule has 0 saturated carbocycles. The summed E-state index contributed by atoms with van der Waals surface area (Å²) >= 11 is 2.05. The lowest BCUT2D eigenvalue weighted by Gasteiger charge is -2.09. The predicted molar refractivity (Wildman–Crippen MR) is 60.2 cm³/mol. The molecule has 0 aromatic heterocycles. The highest BCUT2D eigenvalue weighted by molar-refractivity contribution is 14.1. The van der Waals surface area contributed by atoms with Gasteiger partial charge in [-0.1, -0.05) is 0 Å². The Kier molecular flexibility index (Phi) is 4.44. The molecule has 2 nitrogen and oxygen atoms in total. The summed E-state index contributed by atoms with van der Waals surface area (Å²) in [4.78, 5) is 10.9. The summed E-state index contributed by atoms with van der Waals surface area (Å²) in [6.07, 6.45) is 0.110. The van der Waals surface area contributed by atoms with Crippen LogP contribution >= 0.6 is 22.6 Å². The number of alkyl halides is 2. The van der Waals surface area contributed by atoms with E-state index in [0.717, 1.165) is 3.57 Å². The molecule has 1 aromatic carbocycles. The van der Waals surface area contributed by atoms with Crippen molar-refractivity contribution in [3.63, 3.8) is 0 Å². The van der Waals surface area contributed by atoms with E-state index in [4.69, 9.17) is 0 Å². The Labute approximate surface area is 99.8 Å². The van der Waals surface area contributed by atoms with Gasteiger partial charge in [0.1, 0.15) is 11.5 Å². The smallest absolute Gasteiger partial charge is 0.387 e. The molecule has 0 aliphatic carbocycles. The summed E-state index contributed by atoms with van der Waals surface area (Å²) in [7, 11) is 0. The van der Waals surface area contributed by atoms with Crippen molar-refractivity contribution in [1.29, 1.82) is 0 Å². The Morgan fingerprint density at radius 1 is 1.53 bits per heavy atom. The van der Waals surface area contributed by atoms with E-state index < -0.39 is 6.61 Å². The van der Waals surface area contributed by atoms with Gasteiger partial charge in [0.05, 0.1) is 0 Å². The average Bonchev–Trinajstić information content (AvgIpc) is 2.08. The number of hydrogen-bond donors (Lipinski definition) is 0. The third kappa shape index (κ3) is 4.11. The molecule has 1 aromatic rings. The van der Waals surface area contributed by atoms with E-state index in [1.807, 2.05) is 22.6 Å². The lowest BCUT2D eigenvalue weighted by molar-refractivity contribution is -0.116. The van der Waals surface area contributed by atoms with E-state index >= 15 is 0 Å². The fourth-order valence-electron chi connectivity index (χ4n) is 1.17. The van der Waals surface area contributed by atoms with Crippen molar-refractivity contribution in [2.24, 2.45) is 0 Å². The van der Waals surface area contributed by atoms with Crippen LogP contribution in [-0.2, 0) is 11.2 Å². The highest BCUT2D eigenvalue weighted by Gasteiger charge is 2.11. The number of Topliss-reactive ketones (excluding diaryl/α,β-unsaturated/α-hetero) is 1. The second kappa shape index (κ2) is 5.39. The Bertz CT molecular complexity index is 366. The minimum Gasteiger partial charge on any atom is -0.435 e. The largest absolute Gasteiger partial charge is 0.435 e. The van der Waals surface area contributed by atoms with E-state index in [1.54, 1.807) is 12.1 Å². The van der Waals surface area contributed by atoms with Crippen LogP contribution in [-0.4, -0.2) is 12.4 Å². The van der Waals surface area contributed by atoms with E-state index in [0.29, 0.717) is 5.56 Å². The summed E-state index contributed by atoms with van der Waals surface area (Å²) in [6, 6.07) is 4.77. The van der Waals surface area contributed by atoms with Crippen LogP contribution in [0, 0.1) is 3.57 Å². The standard InChI is InChI=1S/C10H9F2IO2/c1-6(14)4-7-5-8(13)2-3-9(7)15-10(11)12/h2-3,5,10H,4H2,1H3. The summed E-state index contributed by atoms with van der Waals surface area (Å²) in [5.74, 6) is -0.0169. The number of hydrogen-bond acceptors (Lipinski definition) is 2.